The molecule has 3 aromatic carbocycles. The molecule has 0 aliphatic heterocycles. The molecule has 4 amide bonds. The van der Waals surface area contributed by atoms with E-state index < -0.39 is 0 Å². The summed E-state index contributed by atoms with van der Waals surface area (Å²) in [6, 6.07) is 24.9. The van der Waals surface area contributed by atoms with Gasteiger partial charge in [0.2, 0.25) is 0 Å². The predicted molar refractivity (Wildman–Crippen MR) is 126 cm³/mol. The molecule has 0 fully saturated rings. The molecule has 0 aliphatic rings. The topological polar surface area (TPSA) is 82.3 Å². The van der Waals surface area contributed by atoms with Gasteiger partial charge in [0.25, 0.3) is 0 Å². The van der Waals surface area contributed by atoms with E-state index in [0.29, 0.717) is 24.5 Å². The van der Waals surface area contributed by atoms with Crippen LogP contribution in [0.15, 0.2) is 78.9 Å². The van der Waals surface area contributed by atoms with Crippen LogP contribution in [0.25, 0.3) is 0 Å². The Hall–Kier alpha value is -3.80. The number of nitrogens with one attached hydrogen (secondary N) is 4. The molecule has 0 spiro atoms. The van der Waals surface area contributed by atoms with Crippen molar-refractivity contribution in [1.82, 2.24) is 10.6 Å². The SMILES string of the molecule is Cc1ccc(NC(=O)NCCc2ccccc2)cc1NC(=O)NCCc1ccccc1. The van der Waals surface area contributed by atoms with Crippen LogP contribution in [0.5, 0.6) is 0 Å². The smallest absolute Gasteiger partial charge is 0.319 e. The second kappa shape index (κ2) is 11.4. The van der Waals surface area contributed by atoms with Crippen LogP contribution in [0.1, 0.15) is 16.7 Å². The van der Waals surface area contributed by atoms with Gasteiger partial charge in [-0.2, -0.15) is 0 Å². The van der Waals surface area contributed by atoms with Crippen LogP contribution in [0.4, 0.5) is 21.0 Å². The van der Waals surface area contributed by atoms with Gasteiger partial charge in [-0.05, 0) is 48.6 Å². The molecule has 0 saturated heterocycles. The maximum Gasteiger partial charge on any atom is 0.319 e. The van der Waals surface area contributed by atoms with Gasteiger partial charge in [-0.25, -0.2) is 9.59 Å². The Labute approximate surface area is 183 Å². The number of benzene rings is 3. The summed E-state index contributed by atoms with van der Waals surface area (Å²) in [4.78, 5) is 24.4. The molecule has 0 saturated carbocycles. The zero-order chi connectivity index (χ0) is 21.9. The minimum absolute atomic E-state index is 0.275. The van der Waals surface area contributed by atoms with Gasteiger partial charge in [0.1, 0.15) is 0 Å². The number of rotatable bonds is 8. The number of hydrogen-bond donors (Lipinski definition) is 4. The highest BCUT2D eigenvalue weighted by Crippen LogP contribution is 2.20. The van der Waals surface area contributed by atoms with E-state index in [4.69, 9.17) is 0 Å². The molecule has 0 bridgehead atoms. The van der Waals surface area contributed by atoms with Crippen LogP contribution >= 0.6 is 0 Å². The number of carbonyl (C=O) groups is 2. The first-order valence-corrected chi connectivity index (χ1v) is 10.4. The number of urea groups is 2. The fraction of sp³-hybridized carbons (Fsp3) is 0.200. The summed E-state index contributed by atoms with van der Waals surface area (Å²) in [5.74, 6) is 0. The van der Waals surface area contributed by atoms with E-state index in [1.54, 1.807) is 6.07 Å². The van der Waals surface area contributed by atoms with Crippen LogP contribution in [0.3, 0.4) is 0 Å². The van der Waals surface area contributed by atoms with Crippen LogP contribution in [-0.4, -0.2) is 25.2 Å². The summed E-state index contributed by atoms with van der Waals surface area (Å²) in [6.45, 7) is 2.98. The maximum absolute atomic E-state index is 12.2. The first-order chi connectivity index (χ1) is 15.1. The monoisotopic (exact) mass is 416 g/mol. The van der Waals surface area contributed by atoms with Gasteiger partial charge >= 0.3 is 12.1 Å². The van der Waals surface area contributed by atoms with Gasteiger partial charge in [-0.3, -0.25) is 0 Å². The fourth-order valence-electron chi connectivity index (χ4n) is 3.11. The van der Waals surface area contributed by atoms with Gasteiger partial charge < -0.3 is 21.3 Å². The molecule has 0 unspecified atom stereocenters. The molecule has 4 N–H and O–H groups in total. The number of hydrogen-bond acceptors (Lipinski definition) is 2. The molecular weight excluding hydrogens is 388 g/mol. The number of aryl methyl sites for hydroxylation is 1. The number of anilines is 2. The van der Waals surface area contributed by atoms with E-state index in [-0.39, 0.29) is 12.1 Å². The van der Waals surface area contributed by atoms with Gasteiger partial charge in [0.15, 0.2) is 0 Å². The number of carbonyl (C=O) groups excluding carboxylic acids is 2. The lowest BCUT2D eigenvalue weighted by atomic mass is 10.1. The van der Waals surface area contributed by atoms with Crippen molar-refractivity contribution in [2.45, 2.75) is 19.8 Å². The third kappa shape index (κ3) is 7.51. The molecule has 0 radical (unpaired) electrons. The summed E-state index contributed by atoms with van der Waals surface area (Å²) in [6.07, 6.45) is 1.52. The van der Waals surface area contributed by atoms with Crippen molar-refractivity contribution >= 4 is 23.4 Å². The molecule has 3 rings (SSSR count). The Balaban J connectivity index is 1.45. The molecule has 6 nitrogen and oxygen atoms in total. The van der Waals surface area contributed by atoms with E-state index in [1.807, 2.05) is 79.7 Å². The molecule has 160 valence electrons. The Morgan fingerprint density at radius 3 is 1.74 bits per heavy atom. The molecule has 0 aromatic heterocycles. The summed E-state index contributed by atoms with van der Waals surface area (Å²) in [5.41, 5.74) is 4.52. The summed E-state index contributed by atoms with van der Waals surface area (Å²) in [5, 5.41) is 11.4. The second-order valence-corrected chi connectivity index (χ2v) is 7.26. The van der Waals surface area contributed by atoms with Crippen molar-refractivity contribution in [1.29, 1.82) is 0 Å². The first kappa shape index (κ1) is 21.9. The lowest BCUT2D eigenvalue weighted by Gasteiger charge is -2.13. The van der Waals surface area contributed by atoms with Gasteiger partial charge in [0.05, 0.1) is 0 Å². The highest BCUT2D eigenvalue weighted by molar-refractivity contribution is 5.93. The normalized spacial score (nSPS) is 10.2. The molecule has 31 heavy (non-hydrogen) atoms. The van der Waals surface area contributed by atoms with Gasteiger partial charge in [-0.1, -0.05) is 66.7 Å². The zero-order valence-corrected chi connectivity index (χ0v) is 17.7. The van der Waals surface area contributed by atoms with Crippen LogP contribution in [0.2, 0.25) is 0 Å². The highest BCUT2D eigenvalue weighted by Gasteiger charge is 2.07. The average molecular weight is 417 g/mol. The third-order valence-corrected chi connectivity index (χ3v) is 4.83. The quantitative estimate of drug-likeness (QED) is 0.428. The molecule has 3 aromatic rings. The van der Waals surface area contributed by atoms with Gasteiger partial charge in [0, 0.05) is 24.5 Å². The fourth-order valence-corrected chi connectivity index (χ4v) is 3.11. The second-order valence-electron chi connectivity index (χ2n) is 7.26. The Morgan fingerprint density at radius 2 is 1.19 bits per heavy atom. The van der Waals surface area contributed by atoms with Crippen molar-refractivity contribution in [2.24, 2.45) is 0 Å². The van der Waals surface area contributed by atoms with Gasteiger partial charge in [-0.15, -0.1) is 0 Å². The minimum atomic E-state index is -0.280. The Morgan fingerprint density at radius 1 is 0.677 bits per heavy atom. The van der Waals surface area contributed by atoms with E-state index in [9.17, 15) is 9.59 Å². The summed E-state index contributed by atoms with van der Waals surface area (Å²) < 4.78 is 0. The first-order valence-electron chi connectivity index (χ1n) is 10.4. The lowest BCUT2D eigenvalue weighted by Crippen LogP contribution is -2.31. The summed E-state index contributed by atoms with van der Waals surface area (Å²) in [7, 11) is 0. The Bertz CT molecular complexity index is 991. The third-order valence-electron chi connectivity index (χ3n) is 4.83. The molecule has 0 aliphatic carbocycles. The van der Waals surface area contributed by atoms with Crippen LogP contribution < -0.4 is 21.3 Å². The van der Waals surface area contributed by atoms with Crippen molar-refractivity contribution in [3.8, 4) is 0 Å². The standard InChI is InChI=1S/C25H28N4O2/c1-19-12-13-22(28-24(30)26-16-14-20-8-4-2-5-9-20)18-23(19)29-25(31)27-17-15-21-10-6-3-7-11-21/h2-13,18H,14-17H2,1H3,(H2,26,28,30)(H2,27,29,31). The van der Waals surface area contributed by atoms with Crippen molar-refractivity contribution in [3.63, 3.8) is 0 Å². The molecule has 0 atom stereocenters. The minimum Gasteiger partial charge on any atom is -0.338 e. The van der Waals surface area contributed by atoms with Crippen LogP contribution in [0, 0.1) is 6.92 Å². The van der Waals surface area contributed by atoms with Crippen molar-refractivity contribution in [3.05, 3.63) is 95.6 Å². The van der Waals surface area contributed by atoms with Crippen LogP contribution in [-0.2, 0) is 12.8 Å². The molecule has 6 heteroatoms. The predicted octanol–water partition coefficient (Wildman–Crippen LogP) is 4.72. The van der Waals surface area contributed by atoms with E-state index in [0.717, 1.165) is 18.4 Å². The average Bonchev–Trinajstić information content (AvgIpc) is 2.77. The Kier molecular flexibility index (Phi) is 8.05. The highest BCUT2D eigenvalue weighted by atomic mass is 16.2. The van der Waals surface area contributed by atoms with E-state index in [2.05, 4.69) is 21.3 Å². The zero-order valence-electron chi connectivity index (χ0n) is 17.7. The molecular formula is C25H28N4O2. The largest absolute Gasteiger partial charge is 0.338 e. The van der Waals surface area contributed by atoms with E-state index >= 15 is 0 Å². The van der Waals surface area contributed by atoms with Crippen molar-refractivity contribution < 1.29 is 9.59 Å². The summed E-state index contributed by atoms with van der Waals surface area (Å²) >= 11 is 0. The van der Waals surface area contributed by atoms with Crippen molar-refractivity contribution in [2.75, 3.05) is 23.7 Å². The lowest BCUT2D eigenvalue weighted by molar-refractivity contribution is 0.251. The maximum atomic E-state index is 12.2. The number of amides is 4. The van der Waals surface area contributed by atoms with E-state index in [1.165, 1.54) is 11.1 Å². The molecule has 0 heterocycles.